The first-order chi connectivity index (χ1) is 9.45. The number of nitrogen functional groups attached to an aromatic ring is 1. The molecule has 0 spiro atoms. The van der Waals surface area contributed by atoms with Crippen molar-refractivity contribution in [3.8, 4) is 11.3 Å². The highest BCUT2D eigenvalue weighted by Crippen LogP contribution is 2.30. The molecular formula is C17H25N3. The van der Waals surface area contributed by atoms with Crippen molar-refractivity contribution in [1.29, 1.82) is 0 Å². The fourth-order valence-corrected chi connectivity index (χ4v) is 2.49. The van der Waals surface area contributed by atoms with E-state index in [0.29, 0.717) is 11.8 Å². The Kier molecular flexibility index (Phi) is 4.17. The molecule has 1 aromatic heterocycles. The van der Waals surface area contributed by atoms with Gasteiger partial charge >= 0.3 is 0 Å². The highest BCUT2D eigenvalue weighted by molar-refractivity contribution is 5.71. The van der Waals surface area contributed by atoms with Crippen molar-refractivity contribution in [2.24, 2.45) is 0 Å². The van der Waals surface area contributed by atoms with Crippen molar-refractivity contribution < 1.29 is 0 Å². The zero-order valence-corrected chi connectivity index (χ0v) is 13.1. The van der Waals surface area contributed by atoms with Gasteiger partial charge in [0.2, 0.25) is 0 Å². The van der Waals surface area contributed by atoms with Gasteiger partial charge in [-0.3, -0.25) is 0 Å². The quantitative estimate of drug-likeness (QED) is 0.895. The standard InChI is InChI=1S/C17H25N3/c1-6-20-16(18)15(19-17(20)12(4)5)14-9-7-13(8-10-14)11(2)3/h7-12H,6,18H2,1-5H3. The van der Waals surface area contributed by atoms with E-state index in [4.69, 9.17) is 10.7 Å². The van der Waals surface area contributed by atoms with Crippen LogP contribution >= 0.6 is 0 Å². The second kappa shape index (κ2) is 5.70. The number of hydrogen-bond acceptors (Lipinski definition) is 2. The molecule has 0 atom stereocenters. The number of nitrogens with zero attached hydrogens (tertiary/aromatic N) is 2. The Morgan fingerprint density at radius 1 is 1.05 bits per heavy atom. The van der Waals surface area contributed by atoms with Crippen molar-refractivity contribution in [1.82, 2.24) is 9.55 Å². The van der Waals surface area contributed by atoms with Gasteiger partial charge in [-0.1, -0.05) is 52.0 Å². The summed E-state index contributed by atoms with van der Waals surface area (Å²) in [4.78, 5) is 4.76. The molecule has 0 bridgehead atoms. The third kappa shape index (κ3) is 2.58. The minimum Gasteiger partial charge on any atom is -0.383 e. The molecule has 108 valence electrons. The van der Waals surface area contributed by atoms with E-state index < -0.39 is 0 Å². The maximum atomic E-state index is 6.28. The molecule has 1 heterocycles. The number of rotatable bonds is 4. The van der Waals surface area contributed by atoms with Crippen molar-refractivity contribution in [3.63, 3.8) is 0 Å². The van der Waals surface area contributed by atoms with Crippen molar-refractivity contribution in [2.45, 2.75) is 53.0 Å². The summed E-state index contributed by atoms with van der Waals surface area (Å²) in [5.74, 6) is 2.75. The smallest absolute Gasteiger partial charge is 0.131 e. The molecule has 2 N–H and O–H groups in total. The molecule has 0 unspecified atom stereocenters. The van der Waals surface area contributed by atoms with Crippen LogP contribution in [-0.4, -0.2) is 9.55 Å². The number of nitrogens with two attached hydrogens (primary N) is 1. The van der Waals surface area contributed by atoms with Gasteiger partial charge in [0.25, 0.3) is 0 Å². The lowest BCUT2D eigenvalue weighted by molar-refractivity contribution is 0.658. The minimum absolute atomic E-state index is 0.376. The topological polar surface area (TPSA) is 43.8 Å². The van der Waals surface area contributed by atoms with E-state index in [2.05, 4.69) is 63.5 Å². The van der Waals surface area contributed by atoms with Crippen molar-refractivity contribution in [2.75, 3.05) is 5.73 Å². The molecule has 1 aromatic carbocycles. The number of imidazole rings is 1. The van der Waals surface area contributed by atoms with Crippen LogP contribution in [0.2, 0.25) is 0 Å². The summed E-state index contributed by atoms with van der Waals surface area (Å²) >= 11 is 0. The minimum atomic E-state index is 0.376. The first-order valence-corrected chi connectivity index (χ1v) is 7.41. The second-order valence-electron chi connectivity index (χ2n) is 5.88. The van der Waals surface area contributed by atoms with E-state index in [1.54, 1.807) is 0 Å². The fraction of sp³-hybridized carbons (Fsp3) is 0.471. The monoisotopic (exact) mass is 271 g/mol. The van der Waals surface area contributed by atoms with Crippen LogP contribution in [0.15, 0.2) is 24.3 Å². The van der Waals surface area contributed by atoms with Crippen LogP contribution in [0.3, 0.4) is 0 Å². The van der Waals surface area contributed by atoms with Crippen molar-refractivity contribution in [3.05, 3.63) is 35.7 Å². The predicted molar refractivity (Wildman–Crippen MR) is 85.9 cm³/mol. The molecule has 20 heavy (non-hydrogen) atoms. The lowest BCUT2D eigenvalue weighted by atomic mass is 10.0. The van der Waals surface area contributed by atoms with Gasteiger partial charge in [0.1, 0.15) is 17.3 Å². The summed E-state index contributed by atoms with van der Waals surface area (Å²) < 4.78 is 2.11. The molecule has 0 saturated heterocycles. The first-order valence-electron chi connectivity index (χ1n) is 7.41. The van der Waals surface area contributed by atoms with Gasteiger partial charge in [0.05, 0.1) is 0 Å². The molecule has 3 nitrogen and oxygen atoms in total. The normalized spacial score (nSPS) is 11.6. The molecule has 0 fully saturated rings. The molecule has 2 aromatic rings. The van der Waals surface area contributed by atoms with E-state index >= 15 is 0 Å². The van der Waals surface area contributed by atoms with Crippen LogP contribution < -0.4 is 5.73 Å². The van der Waals surface area contributed by atoms with Gasteiger partial charge in [0.15, 0.2) is 0 Å². The average Bonchev–Trinajstić information content (AvgIpc) is 2.76. The molecule has 0 aliphatic rings. The SMILES string of the molecule is CCn1c(C(C)C)nc(-c2ccc(C(C)C)cc2)c1N. The summed E-state index contributed by atoms with van der Waals surface area (Å²) in [6, 6.07) is 8.58. The molecular weight excluding hydrogens is 246 g/mol. The predicted octanol–water partition coefficient (Wildman–Crippen LogP) is 4.40. The average molecular weight is 271 g/mol. The van der Waals surface area contributed by atoms with Gasteiger partial charge in [-0.25, -0.2) is 4.98 Å². The third-order valence-corrected chi connectivity index (χ3v) is 3.72. The summed E-state index contributed by atoms with van der Waals surface area (Å²) in [6.45, 7) is 11.7. The molecule has 0 saturated carbocycles. The molecule has 3 heteroatoms. The number of hydrogen-bond donors (Lipinski definition) is 1. The zero-order valence-electron chi connectivity index (χ0n) is 13.1. The Hall–Kier alpha value is -1.77. The lowest BCUT2D eigenvalue weighted by Crippen LogP contribution is -2.06. The highest BCUT2D eigenvalue weighted by Gasteiger charge is 2.17. The van der Waals surface area contributed by atoms with Gasteiger partial charge in [-0.05, 0) is 18.4 Å². The summed E-state index contributed by atoms with van der Waals surface area (Å²) in [6.07, 6.45) is 0. The Balaban J connectivity index is 2.47. The second-order valence-corrected chi connectivity index (χ2v) is 5.88. The van der Waals surface area contributed by atoms with Crippen molar-refractivity contribution >= 4 is 5.82 Å². The molecule has 0 aliphatic carbocycles. The number of aromatic nitrogens is 2. The summed E-state index contributed by atoms with van der Waals surface area (Å²) in [5.41, 5.74) is 9.63. The lowest BCUT2D eigenvalue weighted by Gasteiger charge is -2.08. The van der Waals surface area contributed by atoms with Gasteiger partial charge in [0, 0.05) is 18.0 Å². The van der Waals surface area contributed by atoms with Crippen LogP contribution in [0, 0.1) is 0 Å². The van der Waals surface area contributed by atoms with E-state index in [1.165, 1.54) is 5.56 Å². The van der Waals surface area contributed by atoms with Crippen LogP contribution in [0.5, 0.6) is 0 Å². The molecule has 0 aliphatic heterocycles. The Bertz CT molecular complexity index is 577. The van der Waals surface area contributed by atoms with Crippen LogP contribution in [-0.2, 0) is 6.54 Å². The van der Waals surface area contributed by atoms with Crippen LogP contribution in [0.4, 0.5) is 5.82 Å². The van der Waals surface area contributed by atoms with E-state index in [1.807, 2.05) is 0 Å². The highest BCUT2D eigenvalue weighted by atomic mass is 15.1. The number of benzene rings is 1. The van der Waals surface area contributed by atoms with Gasteiger partial charge < -0.3 is 10.3 Å². The maximum Gasteiger partial charge on any atom is 0.131 e. The van der Waals surface area contributed by atoms with Gasteiger partial charge in [-0.15, -0.1) is 0 Å². The van der Waals surface area contributed by atoms with Gasteiger partial charge in [-0.2, -0.15) is 0 Å². The third-order valence-electron chi connectivity index (χ3n) is 3.72. The van der Waals surface area contributed by atoms with E-state index in [0.717, 1.165) is 29.4 Å². The first kappa shape index (κ1) is 14.6. The summed E-state index contributed by atoms with van der Waals surface area (Å²) in [5, 5.41) is 0. The molecule has 2 rings (SSSR count). The van der Waals surface area contributed by atoms with Crippen LogP contribution in [0.1, 0.15) is 57.8 Å². The largest absolute Gasteiger partial charge is 0.383 e. The van der Waals surface area contributed by atoms with E-state index in [9.17, 15) is 0 Å². The molecule has 0 radical (unpaired) electrons. The fourth-order valence-electron chi connectivity index (χ4n) is 2.49. The van der Waals surface area contributed by atoms with E-state index in [-0.39, 0.29) is 0 Å². The Morgan fingerprint density at radius 3 is 2.05 bits per heavy atom. The summed E-state index contributed by atoms with van der Waals surface area (Å²) in [7, 11) is 0. The number of anilines is 1. The molecule has 0 amide bonds. The Morgan fingerprint density at radius 2 is 1.65 bits per heavy atom. The zero-order chi connectivity index (χ0) is 14.9. The van der Waals surface area contributed by atoms with Crippen LogP contribution in [0.25, 0.3) is 11.3 Å². The maximum absolute atomic E-state index is 6.28. The Labute approximate surface area is 121 Å².